The van der Waals surface area contributed by atoms with Crippen LogP contribution in [0, 0.1) is 11.8 Å². The molecule has 0 unspecified atom stereocenters. The van der Waals surface area contributed by atoms with Gasteiger partial charge < -0.3 is 19.5 Å². The summed E-state index contributed by atoms with van der Waals surface area (Å²) in [5, 5.41) is 3.34. The predicted octanol–water partition coefficient (Wildman–Crippen LogP) is 1.52. The zero-order chi connectivity index (χ0) is 21.8. The number of ether oxygens (including phenoxy) is 1. The van der Waals surface area contributed by atoms with E-state index in [4.69, 9.17) is 4.74 Å². The molecule has 1 saturated heterocycles. The maximum atomic E-state index is 13.3. The van der Waals surface area contributed by atoms with E-state index >= 15 is 0 Å². The van der Waals surface area contributed by atoms with E-state index in [1.54, 1.807) is 38.3 Å². The van der Waals surface area contributed by atoms with Crippen molar-refractivity contribution in [3.05, 3.63) is 52.6 Å². The number of nitrogens with one attached hydrogen (secondary N) is 1. The van der Waals surface area contributed by atoms with Crippen LogP contribution in [0.5, 0.6) is 5.75 Å². The molecule has 1 aliphatic rings. The molecule has 0 bridgehead atoms. The van der Waals surface area contributed by atoms with Crippen molar-refractivity contribution in [2.75, 3.05) is 38.2 Å². The van der Waals surface area contributed by atoms with Gasteiger partial charge in [0.05, 0.1) is 32.0 Å². The Balaban J connectivity index is 1.73. The molecule has 1 fully saturated rings. The second kappa shape index (κ2) is 9.06. The Morgan fingerprint density at radius 1 is 1.26 bits per heavy atom. The highest BCUT2D eigenvalue weighted by Gasteiger charge is 2.21. The topological polar surface area (TPSA) is 81.4 Å². The van der Waals surface area contributed by atoms with Crippen LogP contribution < -0.4 is 20.5 Å². The van der Waals surface area contributed by atoms with Crippen molar-refractivity contribution < 1.29 is 9.53 Å². The normalized spacial score (nSPS) is 13.7. The van der Waals surface area contributed by atoms with Crippen LogP contribution in [-0.4, -0.2) is 53.2 Å². The van der Waals surface area contributed by atoms with E-state index in [2.05, 4.69) is 27.0 Å². The summed E-state index contributed by atoms with van der Waals surface area (Å²) in [6.45, 7) is 5.53. The zero-order valence-electron chi connectivity index (χ0n) is 17.7. The van der Waals surface area contributed by atoms with Crippen molar-refractivity contribution >= 4 is 22.6 Å². The molecule has 160 valence electrons. The summed E-state index contributed by atoms with van der Waals surface area (Å²) in [5.41, 5.74) is 1.32. The minimum atomic E-state index is -0.250. The zero-order valence-corrected chi connectivity index (χ0v) is 17.7. The quantitative estimate of drug-likeness (QED) is 0.482. The fourth-order valence-electron chi connectivity index (χ4n) is 3.79. The number of hydrogen-bond acceptors (Lipinski definition) is 6. The standard InChI is InChI=1S/C23H25N5O3/c1-3-4-10-28-21(26-11-8-24-9-12-26)14-19-22(28)23(30)27(16-25-19)15-20(29)17-6-5-7-18(13-17)31-2/h5-7,13-14,16,24H,8-12,15H2,1-2H3. The molecule has 3 aromatic rings. The molecule has 31 heavy (non-hydrogen) atoms. The fourth-order valence-corrected chi connectivity index (χ4v) is 3.79. The first-order valence-corrected chi connectivity index (χ1v) is 10.2. The lowest BCUT2D eigenvalue weighted by Crippen LogP contribution is -2.44. The molecule has 2 aromatic heterocycles. The molecular formula is C23H25N5O3. The lowest BCUT2D eigenvalue weighted by molar-refractivity contribution is 0.0970. The Hall–Kier alpha value is -3.57. The highest BCUT2D eigenvalue weighted by Crippen LogP contribution is 2.24. The molecule has 1 N–H and O–H groups in total. The number of anilines is 1. The van der Waals surface area contributed by atoms with Gasteiger partial charge in [-0.3, -0.25) is 14.2 Å². The lowest BCUT2D eigenvalue weighted by Gasteiger charge is -2.29. The molecule has 1 aromatic carbocycles. The van der Waals surface area contributed by atoms with Crippen LogP contribution >= 0.6 is 0 Å². The Labute approximate surface area is 180 Å². The molecular weight excluding hydrogens is 394 g/mol. The van der Waals surface area contributed by atoms with E-state index in [1.165, 1.54) is 10.9 Å². The van der Waals surface area contributed by atoms with Gasteiger partial charge in [-0.15, -0.1) is 5.92 Å². The third-order valence-electron chi connectivity index (χ3n) is 5.42. The predicted molar refractivity (Wildman–Crippen MR) is 120 cm³/mol. The highest BCUT2D eigenvalue weighted by atomic mass is 16.5. The van der Waals surface area contributed by atoms with Gasteiger partial charge in [-0.25, -0.2) is 4.98 Å². The molecule has 0 aliphatic carbocycles. The molecule has 0 amide bonds. The van der Waals surface area contributed by atoms with E-state index < -0.39 is 0 Å². The van der Waals surface area contributed by atoms with Crippen molar-refractivity contribution in [1.29, 1.82) is 0 Å². The van der Waals surface area contributed by atoms with Gasteiger partial charge in [0.25, 0.3) is 5.56 Å². The fraction of sp³-hybridized carbons (Fsp3) is 0.348. The first-order valence-electron chi connectivity index (χ1n) is 10.2. The Morgan fingerprint density at radius 2 is 2.06 bits per heavy atom. The second-order valence-electron chi connectivity index (χ2n) is 7.32. The summed E-state index contributed by atoms with van der Waals surface area (Å²) >= 11 is 0. The minimum Gasteiger partial charge on any atom is -0.497 e. The number of ketones is 1. The van der Waals surface area contributed by atoms with Gasteiger partial charge in [0, 0.05) is 37.8 Å². The number of aromatic nitrogens is 3. The van der Waals surface area contributed by atoms with Crippen molar-refractivity contribution in [1.82, 2.24) is 19.4 Å². The third-order valence-corrected chi connectivity index (χ3v) is 5.42. The SMILES string of the molecule is CC#CCn1c(N2CCNCC2)cc2ncn(CC(=O)c3cccc(OC)c3)c(=O)c21. The molecule has 4 rings (SSSR count). The molecule has 3 heterocycles. The summed E-state index contributed by atoms with van der Waals surface area (Å²) in [6, 6.07) is 8.85. The van der Waals surface area contributed by atoms with E-state index in [1.807, 2.05) is 10.6 Å². The van der Waals surface area contributed by atoms with E-state index in [0.717, 1.165) is 32.0 Å². The van der Waals surface area contributed by atoms with E-state index in [-0.39, 0.29) is 17.9 Å². The number of methoxy groups -OCH3 is 1. The van der Waals surface area contributed by atoms with Crippen LogP contribution in [0.25, 0.3) is 11.0 Å². The average molecular weight is 419 g/mol. The lowest BCUT2D eigenvalue weighted by atomic mass is 10.1. The molecule has 0 spiro atoms. The first kappa shape index (κ1) is 20.7. The number of carbonyl (C=O) groups is 1. The number of nitrogens with zero attached hydrogens (tertiary/aromatic N) is 4. The Morgan fingerprint density at radius 3 is 2.81 bits per heavy atom. The van der Waals surface area contributed by atoms with Crippen LogP contribution in [0.2, 0.25) is 0 Å². The summed E-state index contributed by atoms with van der Waals surface area (Å²) in [4.78, 5) is 32.9. The summed E-state index contributed by atoms with van der Waals surface area (Å²) in [7, 11) is 1.55. The number of benzene rings is 1. The van der Waals surface area contributed by atoms with Crippen molar-refractivity contribution in [2.45, 2.75) is 20.0 Å². The maximum Gasteiger partial charge on any atom is 0.278 e. The number of rotatable bonds is 6. The monoisotopic (exact) mass is 419 g/mol. The molecule has 8 nitrogen and oxygen atoms in total. The van der Waals surface area contributed by atoms with Crippen LogP contribution in [0.1, 0.15) is 17.3 Å². The number of fused-ring (bicyclic) bond motifs is 1. The largest absolute Gasteiger partial charge is 0.497 e. The Bertz CT molecular complexity index is 1230. The van der Waals surface area contributed by atoms with Crippen LogP contribution in [0.4, 0.5) is 5.82 Å². The summed E-state index contributed by atoms with van der Waals surface area (Å²) in [6.07, 6.45) is 1.44. The summed E-state index contributed by atoms with van der Waals surface area (Å²) < 4.78 is 8.47. The summed E-state index contributed by atoms with van der Waals surface area (Å²) in [5.74, 6) is 7.31. The van der Waals surface area contributed by atoms with Crippen LogP contribution in [-0.2, 0) is 13.1 Å². The smallest absolute Gasteiger partial charge is 0.278 e. The van der Waals surface area contributed by atoms with Gasteiger partial charge >= 0.3 is 0 Å². The van der Waals surface area contributed by atoms with Gasteiger partial charge in [0.1, 0.15) is 17.1 Å². The van der Waals surface area contributed by atoms with Crippen LogP contribution in [0.15, 0.2) is 41.5 Å². The van der Waals surface area contributed by atoms with Gasteiger partial charge in [0.15, 0.2) is 5.78 Å². The number of hydrogen-bond donors (Lipinski definition) is 1. The molecule has 0 radical (unpaired) electrons. The molecule has 0 atom stereocenters. The van der Waals surface area contributed by atoms with Crippen LogP contribution in [0.3, 0.4) is 0 Å². The highest BCUT2D eigenvalue weighted by molar-refractivity contribution is 5.96. The minimum absolute atomic E-state index is 0.0947. The van der Waals surface area contributed by atoms with E-state index in [9.17, 15) is 9.59 Å². The number of Topliss-reactive ketones (excluding diaryl/α,β-unsaturated/α-hetero) is 1. The first-order chi connectivity index (χ1) is 15.1. The second-order valence-corrected chi connectivity index (χ2v) is 7.32. The van der Waals surface area contributed by atoms with Crippen molar-refractivity contribution in [2.24, 2.45) is 0 Å². The average Bonchev–Trinajstić information content (AvgIpc) is 3.19. The van der Waals surface area contributed by atoms with Gasteiger partial charge in [-0.05, 0) is 19.1 Å². The van der Waals surface area contributed by atoms with Gasteiger partial charge in [-0.2, -0.15) is 0 Å². The van der Waals surface area contributed by atoms with Crippen molar-refractivity contribution in [3.8, 4) is 17.6 Å². The number of carbonyl (C=O) groups excluding carboxylic acids is 1. The third kappa shape index (κ3) is 4.18. The maximum absolute atomic E-state index is 13.3. The van der Waals surface area contributed by atoms with Gasteiger partial charge in [-0.1, -0.05) is 18.1 Å². The number of piperazine rings is 1. The van der Waals surface area contributed by atoms with Crippen molar-refractivity contribution in [3.63, 3.8) is 0 Å². The molecule has 0 saturated carbocycles. The Kier molecular flexibility index (Phi) is 6.05. The van der Waals surface area contributed by atoms with E-state index in [0.29, 0.717) is 28.9 Å². The molecule has 8 heteroatoms. The van der Waals surface area contributed by atoms with Gasteiger partial charge in [0.2, 0.25) is 0 Å². The molecule has 1 aliphatic heterocycles.